The van der Waals surface area contributed by atoms with Crippen molar-refractivity contribution in [3.05, 3.63) is 59.4 Å². The first-order valence-electron chi connectivity index (χ1n) is 7.86. The molecule has 6 nitrogen and oxygen atoms in total. The van der Waals surface area contributed by atoms with Gasteiger partial charge in [-0.15, -0.1) is 0 Å². The Bertz CT molecular complexity index is 940. The maximum absolute atomic E-state index is 13.1. The minimum atomic E-state index is -3.79. The second-order valence-corrected chi connectivity index (χ2v) is 10.0. The zero-order valence-corrected chi connectivity index (χ0v) is 16.1. The number of sulfone groups is 1. The predicted molar refractivity (Wildman–Crippen MR) is 97.5 cm³/mol. The summed E-state index contributed by atoms with van der Waals surface area (Å²) in [6, 6.07) is 8.18. The second kappa shape index (κ2) is 7.63. The minimum Gasteiger partial charge on any atom is -0.264 e. The SMILES string of the molecule is CCS(=O)(=O)NC[C@@H](c1cccnc1)S(=O)(=O)c1ccc(C)c(C)c1. The summed E-state index contributed by atoms with van der Waals surface area (Å²) in [6.45, 7) is 5.00. The molecule has 0 saturated carbocycles. The van der Waals surface area contributed by atoms with E-state index in [0.717, 1.165) is 11.1 Å². The van der Waals surface area contributed by atoms with Crippen molar-refractivity contribution in [1.82, 2.24) is 9.71 Å². The third-order valence-corrected chi connectivity index (χ3v) is 7.57. The van der Waals surface area contributed by atoms with E-state index in [1.54, 1.807) is 36.5 Å². The number of nitrogens with one attached hydrogen (secondary N) is 1. The zero-order valence-electron chi connectivity index (χ0n) is 14.4. The first-order valence-corrected chi connectivity index (χ1v) is 11.1. The number of pyridine rings is 1. The molecule has 1 aromatic carbocycles. The van der Waals surface area contributed by atoms with Gasteiger partial charge in [0.15, 0.2) is 9.84 Å². The molecule has 0 aliphatic rings. The van der Waals surface area contributed by atoms with Gasteiger partial charge in [0.1, 0.15) is 5.25 Å². The van der Waals surface area contributed by atoms with E-state index in [0.29, 0.717) is 5.56 Å². The fraction of sp³-hybridized carbons (Fsp3) is 0.353. The number of sulfonamides is 1. The van der Waals surface area contributed by atoms with E-state index in [9.17, 15) is 16.8 Å². The van der Waals surface area contributed by atoms with Gasteiger partial charge in [-0.25, -0.2) is 21.6 Å². The fourth-order valence-electron chi connectivity index (χ4n) is 2.33. The maximum atomic E-state index is 13.1. The molecular weight excluding hydrogens is 360 g/mol. The average Bonchev–Trinajstić information content (AvgIpc) is 2.58. The summed E-state index contributed by atoms with van der Waals surface area (Å²) >= 11 is 0. The number of hydrogen-bond donors (Lipinski definition) is 1. The van der Waals surface area contributed by atoms with Crippen LogP contribution in [-0.2, 0) is 19.9 Å². The molecule has 2 aromatic rings. The molecule has 0 saturated heterocycles. The highest BCUT2D eigenvalue weighted by molar-refractivity contribution is 7.92. The molecule has 1 aromatic heterocycles. The van der Waals surface area contributed by atoms with Crippen LogP contribution in [0.3, 0.4) is 0 Å². The van der Waals surface area contributed by atoms with Crippen LogP contribution in [0.2, 0.25) is 0 Å². The van der Waals surface area contributed by atoms with Crippen LogP contribution >= 0.6 is 0 Å². The summed E-state index contributed by atoms with van der Waals surface area (Å²) < 4.78 is 52.2. The number of benzene rings is 1. The van der Waals surface area contributed by atoms with Gasteiger partial charge >= 0.3 is 0 Å². The number of hydrogen-bond acceptors (Lipinski definition) is 5. The molecule has 0 aliphatic heterocycles. The van der Waals surface area contributed by atoms with Crippen LogP contribution in [-0.4, -0.2) is 34.1 Å². The molecule has 0 radical (unpaired) electrons. The Kier molecular flexibility index (Phi) is 5.97. The highest BCUT2D eigenvalue weighted by Gasteiger charge is 2.30. The Hall–Kier alpha value is -1.77. The van der Waals surface area contributed by atoms with E-state index >= 15 is 0 Å². The van der Waals surface area contributed by atoms with Crippen molar-refractivity contribution in [1.29, 1.82) is 0 Å². The lowest BCUT2D eigenvalue weighted by Crippen LogP contribution is -2.33. The third kappa shape index (κ3) is 4.65. The van der Waals surface area contributed by atoms with Crippen LogP contribution in [0, 0.1) is 13.8 Å². The van der Waals surface area contributed by atoms with Crippen LogP contribution in [0.1, 0.15) is 28.9 Å². The van der Waals surface area contributed by atoms with Crippen LogP contribution in [0.15, 0.2) is 47.6 Å². The Balaban J connectivity index is 2.48. The fourth-order valence-corrected chi connectivity index (χ4v) is 4.79. The van der Waals surface area contributed by atoms with Gasteiger partial charge in [0.25, 0.3) is 0 Å². The average molecular weight is 383 g/mol. The monoisotopic (exact) mass is 382 g/mol. The van der Waals surface area contributed by atoms with Crippen LogP contribution in [0.5, 0.6) is 0 Å². The first kappa shape index (κ1) is 19.6. The second-order valence-electron chi connectivity index (χ2n) is 5.82. The van der Waals surface area contributed by atoms with Crippen molar-refractivity contribution in [3.8, 4) is 0 Å². The number of rotatable bonds is 7. The van der Waals surface area contributed by atoms with Gasteiger partial charge in [-0.05, 0) is 55.7 Å². The Morgan fingerprint density at radius 3 is 2.36 bits per heavy atom. The van der Waals surface area contributed by atoms with Gasteiger partial charge in [0.2, 0.25) is 10.0 Å². The first-order chi connectivity index (χ1) is 11.7. The molecule has 2 rings (SSSR count). The molecule has 136 valence electrons. The van der Waals surface area contributed by atoms with E-state index in [2.05, 4.69) is 9.71 Å². The van der Waals surface area contributed by atoms with E-state index < -0.39 is 25.1 Å². The molecule has 0 unspecified atom stereocenters. The molecule has 0 amide bonds. The van der Waals surface area contributed by atoms with Crippen LogP contribution < -0.4 is 4.72 Å². The molecule has 0 aliphatic carbocycles. The molecule has 1 N–H and O–H groups in total. The van der Waals surface area contributed by atoms with Crippen LogP contribution in [0.25, 0.3) is 0 Å². The topological polar surface area (TPSA) is 93.2 Å². The molecule has 8 heteroatoms. The molecule has 0 fully saturated rings. The smallest absolute Gasteiger partial charge is 0.211 e. The van der Waals surface area contributed by atoms with E-state index in [-0.39, 0.29) is 17.2 Å². The standard InChI is InChI=1S/C17H22N2O4S2/c1-4-24(20,21)19-12-17(15-6-5-9-18-11-15)25(22,23)16-8-7-13(2)14(3)10-16/h5-11,17,19H,4,12H2,1-3H3/t17-/m0/s1. The van der Waals surface area contributed by atoms with Crippen molar-refractivity contribution in [3.63, 3.8) is 0 Å². The van der Waals surface area contributed by atoms with E-state index in [1.165, 1.54) is 13.1 Å². The lowest BCUT2D eigenvalue weighted by molar-refractivity contribution is 0.569. The molecule has 1 atom stereocenters. The van der Waals surface area contributed by atoms with Crippen molar-refractivity contribution in [2.45, 2.75) is 30.9 Å². The largest absolute Gasteiger partial charge is 0.264 e. The Morgan fingerprint density at radius 2 is 1.80 bits per heavy atom. The van der Waals surface area contributed by atoms with Crippen LogP contribution in [0.4, 0.5) is 0 Å². The molecule has 1 heterocycles. The number of aryl methyl sites for hydroxylation is 2. The van der Waals surface area contributed by atoms with Crippen molar-refractivity contribution in [2.24, 2.45) is 0 Å². The zero-order chi connectivity index (χ0) is 18.7. The molecule has 0 spiro atoms. The summed E-state index contributed by atoms with van der Waals surface area (Å²) in [4.78, 5) is 4.13. The van der Waals surface area contributed by atoms with E-state index in [1.807, 2.05) is 13.8 Å². The summed E-state index contributed by atoms with van der Waals surface area (Å²) in [5.74, 6) is -0.115. The third-order valence-electron chi connectivity index (χ3n) is 4.11. The molecule has 25 heavy (non-hydrogen) atoms. The van der Waals surface area contributed by atoms with Gasteiger partial charge in [0, 0.05) is 18.9 Å². The van der Waals surface area contributed by atoms with Gasteiger partial charge in [0.05, 0.1) is 10.6 Å². The Labute approximate surface area is 149 Å². The highest BCUT2D eigenvalue weighted by atomic mass is 32.2. The quantitative estimate of drug-likeness (QED) is 0.792. The number of nitrogens with zero attached hydrogens (tertiary/aromatic N) is 1. The predicted octanol–water partition coefficient (Wildman–Crippen LogP) is 2.15. The Morgan fingerprint density at radius 1 is 1.08 bits per heavy atom. The van der Waals surface area contributed by atoms with Crippen molar-refractivity contribution >= 4 is 19.9 Å². The van der Waals surface area contributed by atoms with Gasteiger partial charge in [-0.2, -0.15) is 0 Å². The lowest BCUT2D eigenvalue weighted by Gasteiger charge is -2.19. The van der Waals surface area contributed by atoms with Gasteiger partial charge < -0.3 is 0 Å². The van der Waals surface area contributed by atoms with Gasteiger partial charge in [-0.1, -0.05) is 12.1 Å². The summed E-state index contributed by atoms with van der Waals surface area (Å²) in [5, 5.41) is -1.05. The lowest BCUT2D eigenvalue weighted by atomic mass is 10.1. The molecular formula is C17H22N2O4S2. The maximum Gasteiger partial charge on any atom is 0.211 e. The van der Waals surface area contributed by atoms with Gasteiger partial charge in [-0.3, -0.25) is 4.98 Å². The van der Waals surface area contributed by atoms with Crippen molar-refractivity contribution in [2.75, 3.05) is 12.3 Å². The number of aromatic nitrogens is 1. The summed E-state index contributed by atoms with van der Waals surface area (Å²) in [7, 11) is -7.31. The summed E-state index contributed by atoms with van der Waals surface area (Å²) in [6.07, 6.45) is 2.99. The summed E-state index contributed by atoms with van der Waals surface area (Å²) in [5.41, 5.74) is 2.29. The normalized spacial score (nSPS) is 13.6. The van der Waals surface area contributed by atoms with E-state index in [4.69, 9.17) is 0 Å². The van der Waals surface area contributed by atoms with Crippen molar-refractivity contribution < 1.29 is 16.8 Å². The molecule has 0 bridgehead atoms. The minimum absolute atomic E-state index is 0.115. The highest BCUT2D eigenvalue weighted by Crippen LogP contribution is 2.29.